The Labute approximate surface area is 168 Å². The van der Waals surface area contributed by atoms with Crippen molar-refractivity contribution in [1.82, 2.24) is 4.31 Å². The molecule has 1 fully saturated rings. The molecular weight excluding hydrogens is 374 g/mol. The molecule has 1 saturated heterocycles. The summed E-state index contributed by atoms with van der Waals surface area (Å²) in [5.74, 6) is 1.49. The molecule has 1 atom stereocenters. The van der Waals surface area contributed by atoms with Crippen LogP contribution in [0.2, 0.25) is 0 Å². The van der Waals surface area contributed by atoms with Crippen molar-refractivity contribution in [2.24, 2.45) is 0 Å². The fourth-order valence-electron chi connectivity index (χ4n) is 3.29. The number of benzene rings is 2. The van der Waals surface area contributed by atoms with Crippen molar-refractivity contribution in [2.75, 3.05) is 13.2 Å². The van der Waals surface area contributed by atoms with E-state index in [2.05, 4.69) is 0 Å². The van der Waals surface area contributed by atoms with Crippen LogP contribution >= 0.6 is 0 Å². The molecule has 0 radical (unpaired) electrons. The first-order chi connectivity index (χ1) is 13.1. The highest BCUT2D eigenvalue weighted by atomic mass is 32.2. The minimum absolute atomic E-state index is 0.156. The van der Waals surface area contributed by atoms with Gasteiger partial charge in [-0.25, -0.2) is 8.42 Å². The summed E-state index contributed by atoms with van der Waals surface area (Å²) in [5, 5.41) is 0. The third-order valence-electron chi connectivity index (χ3n) is 4.64. The first kappa shape index (κ1) is 20.7. The van der Waals surface area contributed by atoms with Gasteiger partial charge in [-0.1, -0.05) is 17.7 Å². The van der Waals surface area contributed by atoms with Crippen LogP contribution < -0.4 is 9.47 Å². The third-order valence-corrected chi connectivity index (χ3v) is 6.61. The van der Waals surface area contributed by atoms with Crippen molar-refractivity contribution in [1.29, 1.82) is 0 Å². The highest BCUT2D eigenvalue weighted by Crippen LogP contribution is 2.28. The lowest BCUT2D eigenvalue weighted by Gasteiger charge is -2.24. The molecule has 5 nitrogen and oxygen atoms in total. The van der Waals surface area contributed by atoms with Gasteiger partial charge in [0.1, 0.15) is 23.7 Å². The Hall–Kier alpha value is -2.05. The molecule has 0 aromatic heterocycles. The maximum absolute atomic E-state index is 13.0. The molecule has 1 heterocycles. The van der Waals surface area contributed by atoms with E-state index in [9.17, 15) is 8.42 Å². The van der Waals surface area contributed by atoms with E-state index in [0.717, 1.165) is 24.2 Å². The molecule has 0 bridgehead atoms. The van der Waals surface area contributed by atoms with Crippen LogP contribution in [0.4, 0.5) is 0 Å². The molecule has 0 spiro atoms. The monoisotopic (exact) mass is 403 g/mol. The van der Waals surface area contributed by atoms with E-state index in [1.165, 1.54) is 0 Å². The van der Waals surface area contributed by atoms with Crippen molar-refractivity contribution < 1.29 is 17.9 Å². The first-order valence-corrected chi connectivity index (χ1v) is 11.1. The van der Waals surface area contributed by atoms with E-state index >= 15 is 0 Å². The number of ether oxygens (including phenoxy) is 2. The highest BCUT2D eigenvalue weighted by Gasteiger charge is 2.35. The van der Waals surface area contributed by atoms with Gasteiger partial charge in [0, 0.05) is 6.54 Å². The number of sulfonamides is 1. The van der Waals surface area contributed by atoms with Gasteiger partial charge in [-0.2, -0.15) is 4.31 Å². The summed E-state index contributed by atoms with van der Waals surface area (Å²) in [7, 11) is -3.50. The van der Waals surface area contributed by atoms with Crippen molar-refractivity contribution in [3.63, 3.8) is 0 Å². The summed E-state index contributed by atoms with van der Waals surface area (Å²) in [5.41, 5.74) is 0.788. The molecule has 0 N–H and O–H groups in total. The molecule has 1 aliphatic heterocycles. The predicted molar refractivity (Wildman–Crippen MR) is 110 cm³/mol. The minimum Gasteiger partial charge on any atom is -0.492 e. The van der Waals surface area contributed by atoms with E-state index in [0.29, 0.717) is 23.8 Å². The van der Waals surface area contributed by atoms with Crippen LogP contribution in [0.5, 0.6) is 11.5 Å². The molecule has 28 heavy (non-hydrogen) atoms. The van der Waals surface area contributed by atoms with E-state index in [1.807, 2.05) is 64.1 Å². The molecule has 0 aliphatic carbocycles. The maximum Gasteiger partial charge on any atom is 0.243 e. The Balaban J connectivity index is 1.65. The van der Waals surface area contributed by atoms with Gasteiger partial charge in [-0.3, -0.25) is 0 Å². The second-order valence-corrected chi connectivity index (χ2v) is 10.1. The average molecular weight is 404 g/mol. The Kier molecular flexibility index (Phi) is 6.01. The van der Waals surface area contributed by atoms with Crippen LogP contribution in [0, 0.1) is 6.92 Å². The Morgan fingerprint density at radius 1 is 1.00 bits per heavy atom. The lowest BCUT2D eigenvalue weighted by atomic mass is 10.2. The number of rotatable bonds is 6. The van der Waals surface area contributed by atoms with Crippen LogP contribution in [-0.2, 0) is 10.0 Å². The summed E-state index contributed by atoms with van der Waals surface area (Å²) in [4.78, 5) is 0.341. The topological polar surface area (TPSA) is 55.8 Å². The largest absolute Gasteiger partial charge is 0.492 e. The quantitative estimate of drug-likeness (QED) is 0.717. The lowest BCUT2D eigenvalue weighted by Crippen LogP contribution is -2.39. The summed E-state index contributed by atoms with van der Waals surface area (Å²) in [6.07, 6.45) is 1.65. The molecule has 2 aromatic rings. The smallest absolute Gasteiger partial charge is 0.243 e. The molecule has 0 amide bonds. The van der Waals surface area contributed by atoms with Crippen molar-refractivity contribution in [3.05, 3.63) is 54.1 Å². The van der Waals surface area contributed by atoms with Crippen LogP contribution in [-0.4, -0.2) is 37.5 Å². The van der Waals surface area contributed by atoms with Gasteiger partial charge >= 0.3 is 0 Å². The standard InChI is InChI=1S/C22H29NO4S/c1-17-7-13-21(14-8-17)28(24,25)23-15-5-6-18(23)16-26-19-9-11-20(12-10-19)27-22(2,3)4/h7-14,18H,5-6,15-16H2,1-4H3. The van der Waals surface area contributed by atoms with Gasteiger partial charge in [0.2, 0.25) is 10.0 Å². The SMILES string of the molecule is Cc1ccc(S(=O)(=O)N2CCCC2COc2ccc(OC(C)(C)C)cc2)cc1. The van der Waals surface area contributed by atoms with Crippen molar-refractivity contribution in [3.8, 4) is 11.5 Å². The van der Waals surface area contributed by atoms with Gasteiger partial charge in [0.05, 0.1) is 10.9 Å². The maximum atomic E-state index is 13.0. The minimum atomic E-state index is -3.50. The van der Waals surface area contributed by atoms with Crippen LogP contribution in [0.15, 0.2) is 53.4 Å². The fraction of sp³-hybridized carbons (Fsp3) is 0.455. The van der Waals surface area contributed by atoms with Crippen molar-refractivity contribution >= 4 is 10.0 Å². The highest BCUT2D eigenvalue weighted by molar-refractivity contribution is 7.89. The number of hydrogen-bond acceptors (Lipinski definition) is 4. The first-order valence-electron chi connectivity index (χ1n) is 9.65. The van der Waals surface area contributed by atoms with Crippen LogP contribution in [0.1, 0.15) is 39.2 Å². The molecule has 6 heteroatoms. The predicted octanol–water partition coefficient (Wildman–Crippen LogP) is 4.40. The second-order valence-electron chi connectivity index (χ2n) is 8.22. The third kappa shape index (κ3) is 5.06. The van der Waals surface area contributed by atoms with E-state index in [1.54, 1.807) is 16.4 Å². The summed E-state index contributed by atoms with van der Waals surface area (Å²) < 4.78 is 39.3. The zero-order valence-electron chi connectivity index (χ0n) is 17.0. The Morgan fingerprint density at radius 2 is 1.61 bits per heavy atom. The molecule has 1 unspecified atom stereocenters. The van der Waals surface area contributed by atoms with E-state index in [-0.39, 0.29) is 11.6 Å². The molecule has 2 aromatic carbocycles. The summed E-state index contributed by atoms with van der Waals surface area (Å²) >= 11 is 0. The second kappa shape index (κ2) is 8.13. The number of aryl methyl sites for hydroxylation is 1. The Morgan fingerprint density at radius 3 is 2.21 bits per heavy atom. The zero-order valence-corrected chi connectivity index (χ0v) is 17.8. The van der Waals surface area contributed by atoms with Crippen LogP contribution in [0.3, 0.4) is 0 Å². The molecule has 0 saturated carbocycles. The lowest BCUT2D eigenvalue weighted by molar-refractivity contribution is 0.130. The van der Waals surface area contributed by atoms with Gasteiger partial charge < -0.3 is 9.47 Å². The zero-order chi connectivity index (χ0) is 20.4. The fourth-order valence-corrected chi connectivity index (χ4v) is 4.97. The molecule has 3 rings (SSSR count). The van der Waals surface area contributed by atoms with Crippen molar-refractivity contribution in [2.45, 2.75) is 57.1 Å². The van der Waals surface area contributed by atoms with Gasteiger partial charge in [0.25, 0.3) is 0 Å². The molecular formula is C22H29NO4S. The number of hydrogen-bond donors (Lipinski definition) is 0. The molecule has 152 valence electrons. The van der Waals surface area contributed by atoms with E-state index in [4.69, 9.17) is 9.47 Å². The Bertz CT molecular complexity index is 884. The number of nitrogens with zero attached hydrogens (tertiary/aromatic N) is 1. The average Bonchev–Trinajstić information content (AvgIpc) is 3.10. The van der Waals surface area contributed by atoms with Gasteiger partial charge in [-0.15, -0.1) is 0 Å². The summed E-state index contributed by atoms with van der Waals surface area (Å²) in [6, 6.07) is 14.3. The van der Waals surface area contributed by atoms with Crippen LogP contribution in [0.25, 0.3) is 0 Å². The van der Waals surface area contributed by atoms with Gasteiger partial charge in [-0.05, 0) is 76.9 Å². The summed E-state index contributed by atoms with van der Waals surface area (Å²) in [6.45, 7) is 8.82. The van der Waals surface area contributed by atoms with E-state index < -0.39 is 10.0 Å². The molecule has 1 aliphatic rings. The van der Waals surface area contributed by atoms with Gasteiger partial charge in [0.15, 0.2) is 0 Å². The normalized spacial score (nSPS) is 18.2.